The number of benzene rings is 1. The second kappa shape index (κ2) is 13.9. The molecule has 0 aliphatic carbocycles. The number of hydrogen-bond donors (Lipinski definition) is 3. The Hall–Kier alpha value is -2.97. The molecule has 0 radical (unpaired) electrons. The lowest BCUT2D eigenvalue weighted by atomic mass is 9.76. The summed E-state index contributed by atoms with van der Waals surface area (Å²) < 4.78 is 5.67. The molecule has 2 aliphatic rings. The maximum Gasteiger partial charge on any atom is 0.410 e. The van der Waals surface area contributed by atoms with E-state index in [-0.39, 0.29) is 23.6 Å². The number of nitrogens with one attached hydrogen (secondary N) is 2. The standard InChI is InChI=1S/C30H50N6O3/c1-6-8-16-30(25-11-10-18-35(21-25)28(38)39-29(3,4)5)22-36(26(31)34-30)20-24-14-12-23(13-15-24)19-33-27(37)32-17-9-7-2/h12-15,25H,6-11,16-22H2,1-5H3,(H2,31,34)(H2,32,33,37). The van der Waals surface area contributed by atoms with E-state index in [1.54, 1.807) is 0 Å². The summed E-state index contributed by atoms with van der Waals surface area (Å²) in [5, 5.41) is 5.79. The molecular weight excluding hydrogens is 492 g/mol. The highest BCUT2D eigenvalue weighted by Gasteiger charge is 2.46. The minimum atomic E-state index is -0.511. The van der Waals surface area contributed by atoms with Gasteiger partial charge in [-0.1, -0.05) is 57.4 Å². The summed E-state index contributed by atoms with van der Waals surface area (Å²) in [5.41, 5.74) is 7.93. The van der Waals surface area contributed by atoms with Gasteiger partial charge in [-0.05, 0) is 57.6 Å². The number of urea groups is 1. The Labute approximate surface area is 234 Å². The highest BCUT2D eigenvalue weighted by molar-refractivity contribution is 5.81. The topological polar surface area (TPSA) is 112 Å². The molecule has 1 aromatic carbocycles. The highest BCUT2D eigenvalue weighted by atomic mass is 16.6. The second-order valence-corrected chi connectivity index (χ2v) is 12.1. The molecule has 1 fully saturated rings. The van der Waals surface area contributed by atoms with Crippen LogP contribution in [0.3, 0.4) is 0 Å². The number of nitrogens with zero attached hydrogens (tertiary/aromatic N) is 3. The van der Waals surface area contributed by atoms with E-state index in [9.17, 15) is 9.59 Å². The number of unbranched alkanes of at least 4 members (excludes halogenated alkanes) is 2. The number of guanidine groups is 1. The van der Waals surface area contributed by atoms with E-state index in [0.29, 0.717) is 32.1 Å². The normalized spacial score (nSPS) is 21.5. The van der Waals surface area contributed by atoms with Crippen LogP contribution in [-0.4, -0.2) is 65.2 Å². The maximum atomic E-state index is 12.8. The van der Waals surface area contributed by atoms with Crippen molar-refractivity contribution in [2.24, 2.45) is 16.6 Å². The molecule has 2 heterocycles. The lowest BCUT2D eigenvalue weighted by Gasteiger charge is -2.42. The van der Waals surface area contributed by atoms with Crippen LogP contribution in [0.1, 0.15) is 90.7 Å². The zero-order valence-electron chi connectivity index (χ0n) is 24.7. The first kappa shape index (κ1) is 30.6. The molecule has 1 aromatic rings. The smallest absolute Gasteiger partial charge is 0.410 e. The molecule has 9 nitrogen and oxygen atoms in total. The third kappa shape index (κ3) is 9.04. The Kier molecular flexibility index (Phi) is 10.9. The van der Waals surface area contributed by atoms with Crippen LogP contribution in [0.25, 0.3) is 0 Å². The Balaban J connectivity index is 1.62. The molecule has 4 N–H and O–H groups in total. The number of amides is 3. The molecule has 0 bridgehead atoms. The van der Waals surface area contributed by atoms with Crippen molar-refractivity contribution in [1.82, 2.24) is 20.4 Å². The van der Waals surface area contributed by atoms with Gasteiger partial charge < -0.3 is 30.9 Å². The van der Waals surface area contributed by atoms with Crippen LogP contribution in [0.2, 0.25) is 0 Å². The Morgan fingerprint density at radius 1 is 1.10 bits per heavy atom. The number of carbonyl (C=O) groups excluding carboxylic acids is 2. The molecule has 2 unspecified atom stereocenters. The molecule has 0 aromatic heterocycles. The summed E-state index contributed by atoms with van der Waals surface area (Å²) in [7, 11) is 0. The molecular formula is C30H50N6O3. The fraction of sp³-hybridized carbons (Fsp3) is 0.700. The van der Waals surface area contributed by atoms with Gasteiger partial charge in [0, 0.05) is 45.2 Å². The quantitative estimate of drug-likeness (QED) is 0.341. The highest BCUT2D eigenvalue weighted by Crippen LogP contribution is 2.39. The summed E-state index contributed by atoms with van der Waals surface area (Å²) in [4.78, 5) is 33.9. The van der Waals surface area contributed by atoms with Crippen LogP contribution in [0.5, 0.6) is 0 Å². The summed E-state index contributed by atoms with van der Waals surface area (Å²) >= 11 is 0. The number of aliphatic imine (C=N–C) groups is 1. The molecule has 218 valence electrons. The van der Waals surface area contributed by atoms with Crippen molar-refractivity contribution in [3.8, 4) is 0 Å². The van der Waals surface area contributed by atoms with Gasteiger partial charge in [0.2, 0.25) is 0 Å². The number of piperidine rings is 1. The largest absolute Gasteiger partial charge is 0.444 e. The van der Waals surface area contributed by atoms with E-state index >= 15 is 0 Å². The van der Waals surface area contributed by atoms with E-state index in [2.05, 4.69) is 53.6 Å². The van der Waals surface area contributed by atoms with Crippen LogP contribution >= 0.6 is 0 Å². The monoisotopic (exact) mass is 542 g/mol. The molecule has 3 amide bonds. The average molecular weight is 543 g/mol. The second-order valence-electron chi connectivity index (χ2n) is 12.1. The van der Waals surface area contributed by atoms with E-state index < -0.39 is 5.60 Å². The number of hydrogen-bond acceptors (Lipinski definition) is 6. The van der Waals surface area contributed by atoms with Crippen LogP contribution in [0.15, 0.2) is 29.3 Å². The summed E-state index contributed by atoms with van der Waals surface area (Å²) in [5.74, 6) is 0.820. The number of ether oxygens (including phenoxy) is 1. The van der Waals surface area contributed by atoms with E-state index in [1.165, 1.54) is 0 Å². The van der Waals surface area contributed by atoms with Gasteiger partial charge >= 0.3 is 12.1 Å². The minimum Gasteiger partial charge on any atom is -0.444 e. The third-order valence-electron chi connectivity index (χ3n) is 7.59. The molecule has 2 aliphatic heterocycles. The first-order valence-corrected chi connectivity index (χ1v) is 14.7. The molecule has 0 saturated carbocycles. The SMILES string of the molecule is CCCCNC(=O)NCc1ccc(CN2CC(CCCC)(C3CCCN(C(=O)OC(C)(C)C)C3)N=C2N)cc1. The zero-order chi connectivity index (χ0) is 28.5. The molecule has 39 heavy (non-hydrogen) atoms. The Morgan fingerprint density at radius 2 is 1.79 bits per heavy atom. The number of likely N-dealkylation sites (tertiary alicyclic amines) is 1. The number of nitrogens with two attached hydrogens (primary N) is 1. The summed E-state index contributed by atoms with van der Waals surface area (Å²) in [6.45, 7) is 14.0. The van der Waals surface area contributed by atoms with Crippen molar-refractivity contribution in [3.63, 3.8) is 0 Å². The first-order chi connectivity index (χ1) is 18.5. The minimum absolute atomic E-state index is 0.134. The predicted octanol–water partition coefficient (Wildman–Crippen LogP) is 4.99. The van der Waals surface area contributed by atoms with Gasteiger partial charge in [0.15, 0.2) is 5.96 Å². The van der Waals surface area contributed by atoms with Gasteiger partial charge in [-0.2, -0.15) is 0 Å². The van der Waals surface area contributed by atoms with Gasteiger partial charge in [-0.3, -0.25) is 0 Å². The van der Waals surface area contributed by atoms with Gasteiger partial charge in [-0.15, -0.1) is 0 Å². The van der Waals surface area contributed by atoms with Gasteiger partial charge in [0.25, 0.3) is 0 Å². The van der Waals surface area contributed by atoms with Gasteiger partial charge in [0.05, 0.1) is 5.54 Å². The first-order valence-electron chi connectivity index (χ1n) is 14.7. The number of rotatable bonds is 11. The lowest BCUT2D eigenvalue weighted by molar-refractivity contribution is 0.0105. The summed E-state index contributed by atoms with van der Waals surface area (Å²) in [6, 6.07) is 8.15. The molecule has 0 spiro atoms. The maximum absolute atomic E-state index is 12.8. The van der Waals surface area contributed by atoms with Crippen molar-refractivity contribution < 1.29 is 14.3 Å². The average Bonchev–Trinajstić information content (AvgIpc) is 3.22. The van der Waals surface area contributed by atoms with E-state index in [4.69, 9.17) is 15.5 Å². The van der Waals surface area contributed by atoms with Crippen molar-refractivity contribution in [3.05, 3.63) is 35.4 Å². The van der Waals surface area contributed by atoms with Crippen LogP contribution in [-0.2, 0) is 17.8 Å². The van der Waals surface area contributed by atoms with Crippen molar-refractivity contribution >= 4 is 18.1 Å². The van der Waals surface area contributed by atoms with Crippen LogP contribution in [0.4, 0.5) is 9.59 Å². The lowest BCUT2D eigenvalue weighted by Crippen LogP contribution is -2.51. The van der Waals surface area contributed by atoms with Crippen LogP contribution in [0, 0.1) is 5.92 Å². The third-order valence-corrected chi connectivity index (χ3v) is 7.59. The molecule has 3 rings (SSSR count). The fourth-order valence-corrected chi connectivity index (χ4v) is 5.44. The predicted molar refractivity (Wildman–Crippen MR) is 156 cm³/mol. The Bertz CT molecular complexity index is 974. The van der Waals surface area contributed by atoms with Crippen molar-refractivity contribution in [1.29, 1.82) is 0 Å². The van der Waals surface area contributed by atoms with Gasteiger partial charge in [0.1, 0.15) is 5.60 Å². The molecule has 9 heteroatoms. The van der Waals surface area contributed by atoms with Crippen molar-refractivity contribution in [2.75, 3.05) is 26.2 Å². The van der Waals surface area contributed by atoms with Gasteiger partial charge in [-0.25, -0.2) is 14.6 Å². The van der Waals surface area contributed by atoms with Crippen LogP contribution < -0.4 is 16.4 Å². The molecule has 1 saturated heterocycles. The van der Waals surface area contributed by atoms with E-state index in [0.717, 1.165) is 69.2 Å². The number of carbonyl (C=O) groups is 2. The summed E-state index contributed by atoms with van der Waals surface area (Å²) in [6.07, 6.45) is 6.89. The zero-order valence-corrected chi connectivity index (χ0v) is 24.7. The van der Waals surface area contributed by atoms with Crippen molar-refractivity contribution in [2.45, 2.75) is 104 Å². The Morgan fingerprint density at radius 3 is 2.46 bits per heavy atom. The fourth-order valence-electron chi connectivity index (χ4n) is 5.44. The van der Waals surface area contributed by atoms with E-state index in [1.807, 2.05) is 25.7 Å². The molecule has 2 atom stereocenters.